The minimum absolute atomic E-state index is 0.0383. The van der Waals surface area contributed by atoms with Crippen LogP contribution in [0.3, 0.4) is 0 Å². The number of hydrogen-bond donors (Lipinski definition) is 0. The van der Waals surface area contributed by atoms with Gasteiger partial charge in [-0.3, -0.25) is 9.59 Å². The SMILES string of the molecule is O=C(CC1(COc2ccc(F)cc2)CCN(C(=O)c2ccc(-c3ccccc3F)o2)CC1)N1CCOCC1. The number of carbonyl (C=O) groups excluding carboxylic acids is 2. The van der Waals surface area contributed by atoms with Crippen molar-refractivity contribution < 1.29 is 32.3 Å². The van der Waals surface area contributed by atoms with Gasteiger partial charge < -0.3 is 23.7 Å². The second kappa shape index (κ2) is 11.3. The summed E-state index contributed by atoms with van der Waals surface area (Å²) in [6, 6.07) is 15.2. The molecule has 0 atom stereocenters. The highest BCUT2D eigenvalue weighted by Gasteiger charge is 2.40. The lowest BCUT2D eigenvalue weighted by Crippen LogP contribution is -2.49. The van der Waals surface area contributed by atoms with Crippen molar-refractivity contribution in [1.82, 2.24) is 9.80 Å². The topological polar surface area (TPSA) is 72.2 Å². The molecule has 9 heteroatoms. The Labute approximate surface area is 219 Å². The maximum Gasteiger partial charge on any atom is 0.289 e. The molecule has 0 aliphatic carbocycles. The van der Waals surface area contributed by atoms with E-state index in [0.717, 1.165) is 0 Å². The predicted molar refractivity (Wildman–Crippen MR) is 136 cm³/mol. The average molecular weight is 525 g/mol. The van der Waals surface area contributed by atoms with Gasteiger partial charge in [0.15, 0.2) is 5.76 Å². The fourth-order valence-corrected chi connectivity index (χ4v) is 4.98. The third-order valence-corrected chi connectivity index (χ3v) is 7.32. The van der Waals surface area contributed by atoms with Crippen LogP contribution in [0.1, 0.15) is 29.8 Å². The second-order valence-corrected chi connectivity index (χ2v) is 9.85. The average Bonchev–Trinajstić information content (AvgIpc) is 3.44. The third kappa shape index (κ3) is 5.88. The smallest absolute Gasteiger partial charge is 0.289 e. The molecule has 1 aromatic heterocycles. The molecule has 2 aromatic carbocycles. The van der Waals surface area contributed by atoms with E-state index in [4.69, 9.17) is 13.9 Å². The number of carbonyl (C=O) groups is 2. The fourth-order valence-electron chi connectivity index (χ4n) is 4.98. The van der Waals surface area contributed by atoms with Crippen LogP contribution < -0.4 is 4.74 Å². The molecule has 3 heterocycles. The number of ether oxygens (including phenoxy) is 2. The van der Waals surface area contributed by atoms with E-state index in [1.165, 1.54) is 18.2 Å². The normalized spacial score (nSPS) is 17.3. The van der Waals surface area contributed by atoms with Crippen molar-refractivity contribution in [1.29, 1.82) is 0 Å². The van der Waals surface area contributed by atoms with E-state index >= 15 is 0 Å². The number of nitrogens with zero attached hydrogens (tertiary/aromatic N) is 2. The molecule has 0 N–H and O–H groups in total. The zero-order valence-corrected chi connectivity index (χ0v) is 21.0. The second-order valence-electron chi connectivity index (χ2n) is 9.85. The van der Waals surface area contributed by atoms with Crippen LogP contribution in [0.25, 0.3) is 11.3 Å². The van der Waals surface area contributed by atoms with Gasteiger partial charge in [0.05, 0.1) is 25.4 Å². The molecule has 38 heavy (non-hydrogen) atoms. The van der Waals surface area contributed by atoms with Crippen LogP contribution in [0, 0.1) is 17.0 Å². The van der Waals surface area contributed by atoms with Crippen LogP contribution in [-0.4, -0.2) is 67.6 Å². The molecule has 0 radical (unpaired) electrons. The molecule has 2 fully saturated rings. The van der Waals surface area contributed by atoms with Crippen LogP contribution in [0.2, 0.25) is 0 Å². The molecule has 0 bridgehead atoms. The van der Waals surface area contributed by atoms with Gasteiger partial charge in [0.1, 0.15) is 23.1 Å². The van der Waals surface area contributed by atoms with Gasteiger partial charge in [-0.2, -0.15) is 0 Å². The van der Waals surface area contributed by atoms with Crippen molar-refractivity contribution in [3.05, 3.63) is 78.1 Å². The number of benzene rings is 2. The van der Waals surface area contributed by atoms with Gasteiger partial charge in [-0.1, -0.05) is 12.1 Å². The van der Waals surface area contributed by atoms with Crippen LogP contribution in [0.15, 0.2) is 65.1 Å². The molecule has 7 nitrogen and oxygen atoms in total. The van der Waals surface area contributed by atoms with Crippen molar-refractivity contribution >= 4 is 11.8 Å². The Kier molecular flexibility index (Phi) is 7.74. The van der Waals surface area contributed by atoms with Crippen molar-refractivity contribution in [3.8, 4) is 17.1 Å². The zero-order chi connectivity index (χ0) is 26.5. The number of morpholine rings is 1. The predicted octanol–water partition coefficient (Wildman–Crippen LogP) is 4.78. The van der Waals surface area contributed by atoms with Gasteiger partial charge in [0.25, 0.3) is 5.91 Å². The van der Waals surface area contributed by atoms with Crippen LogP contribution in [0.4, 0.5) is 8.78 Å². The summed E-state index contributed by atoms with van der Waals surface area (Å²) in [6.45, 7) is 3.25. The minimum atomic E-state index is -0.484. The Hall–Kier alpha value is -3.72. The van der Waals surface area contributed by atoms with E-state index in [0.29, 0.717) is 69.3 Å². The minimum Gasteiger partial charge on any atom is -0.493 e. The summed E-state index contributed by atoms with van der Waals surface area (Å²) in [5.41, 5.74) is -0.189. The number of amides is 2. The molecule has 0 unspecified atom stereocenters. The molecule has 0 spiro atoms. The van der Waals surface area contributed by atoms with Gasteiger partial charge >= 0.3 is 0 Å². The van der Waals surface area contributed by atoms with Crippen LogP contribution >= 0.6 is 0 Å². The Bertz CT molecular complexity index is 1260. The van der Waals surface area contributed by atoms with E-state index in [1.54, 1.807) is 47.4 Å². The van der Waals surface area contributed by atoms with Crippen LogP contribution in [0.5, 0.6) is 5.75 Å². The lowest BCUT2D eigenvalue weighted by atomic mass is 9.75. The van der Waals surface area contributed by atoms with Gasteiger partial charge in [0, 0.05) is 38.0 Å². The molecule has 2 aliphatic rings. The standard InChI is InChI=1S/C29H30F2N2O5/c30-21-5-7-22(8-6-21)37-20-29(19-27(34)32-15-17-36-18-16-32)11-13-33(14-12-29)28(35)26-10-9-25(38-26)23-3-1-2-4-24(23)31/h1-10H,11-20H2. The van der Waals surface area contributed by atoms with E-state index < -0.39 is 11.2 Å². The summed E-state index contributed by atoms with van der Waals surface area (Å²) in [5.74, 6) is -0.0488. The van der Waals surface area contributed by atoms with Crippen molar-refractivity contribution in [3.63, 3.8) is 0 Å². The lowest BCUT2D eigenvalue weighted by molar-refractivity contribution is -0.139. The quantitative estimate of drug-likeness (QED) is 0.445. The first-order valence-electron chi connectivity index (χ1n) is 12.8. The summed E-state index contributed by atoms with van der Waals surface area (Å²) >= 11 is 0. The number of piperidine rings is 1. The fraction of sp³-hybridized carbons (Fsp3) is 0.379. The maximum absolute atomic E-state index is 14.2. The van der Waals surface area contributed by atoms with Gasteiger partial charge in [-0.25, -0.2) is 8.78 Å². The molecular weight excluding hydrogens is 494 g/mol. The summed E-state index contributed by atoms with van der Waals surface area (Å²) in [4.78, 5) is 29.9. The molecular formula is C29H30F2N2O5. The summed E-state index contributed by atoms with van der Waals surface area (Å²) in [6.07, 6.45) is 1.39. The number of halogens is 2. The van der Waals surface area contributed by atoms with Gasteiger partial charge in [0.2, 0.25) is 5.91 Å². The van der Waals surface area contributed by atoms with E-state index in [2.05, 4.69) is 0 Å². The number of likely N-dealkylation sites (tertiary alicyclic amines) is 1. The molecule has 2 aliphatic heterocycles. The monoisotopic (exact) mass is 524 g/mol. The highest BCUT2D eigenvalue weighted by Crippen LogP contribution is 2.37. The van der Waals surface area contributed by atoms with E-state index in [9.17, 15) is 18.4 Å². The largest absolute Gasteiger partial charge is 0.493 e. The van der Waals surface area contributed by atoms with Crippen LogP contribution in [-0.2, 0) is 9.53 Å². The molecule has 3 aromatic rings. The summed E-state index contributed by atoms with van der Waals surface area (Å²) in [7, 11) is 0. The Morgan fingerprint density at radius 1 is 0.868 bits per heavy atom. The Balaban J connectivity index is 1.27. The van der Waals surface area contributed by atoms with Gasteiger partial charge in [-0.05, 0) is 61.4 Å². The van der Waals surface area contributed by atoms with Crippen molar-refractivity contribution in [2.24, 2.45) is 5.41 Å². The lowest BCUT2D eigenvalue weighted by Gasteiger charge is -2.42. The number of hydrogen-bond acceptors (Lipinski definition) is 5. The maximum atomic E-state index is 14.2. The molecule has 2 amide bonds. The first-order chi connectivity index (χ1) is 18.4. The third-order valence-electron chi connectivity index (χ3n) is 7.32. The highest BCUT2D eigenvalue weighted by atomic mass is 19.1. The number of rotatable bonds is 7. The highest BCUT2D eigenvalue weighted by molar-refractivity contribution is 5.92. The number of furan rings is 1. The first kappa shape index (κ1) is 25.9. The summed E-state index contributed by atoms with van der Waals surface area (Å²) < 4.78 is 44.6. The van der Waals surface area contributed by atoms with Gasteiger partial charge in [-0.15, -0.1) is 0 Å². The first-order valence-corrected chi connectivity index (χ1v) is 12.8. The zero-order valence-electron chi connectivity index (χ0n) is 21.0. The van der Waals surface area contributed by atoms with Crippen molar-refractivity contribution in [2.75, 3.05) is 46.0 Å². The molecule has 5 rings (SSSR count). The molecule has 2 saturated heterocycles. The molecule has 200 valence electrons. The van der Waals surface area contributed by atoms with Crippen molar-refractivity contribution in [2.45, 2.75) is 19.3 Å². The Morgan fingerprint density at radius 3 is 2.29 bits per heavy atom. The summed E-state index contributed by atoms with van der Waals surface area (Å²) in [5, 5.41) is 0. The van der Waals surface area contributed by atoms with E-state index in [1.807, 2.05) is 4.90 Å². The Morgan fingerprint density at radius 2 is 1.58 bits per heavy atom. The molecule has 0 saturated carbocycles. The van der Waals surface area contributed by atoms with E-state index in [-0.39, 0.29) is 36.4 Å².